The van der Waals surface area contributed by atoms with Crippen molar-refractivity contribution in [3.63, 3.8) is 0 Å². The molecular weight excluding hydrogens is 190 g/mol. The maximum atomic E-state index is 11.1. The highest BCUT2D eigenvalue weighted by Gasteiger charge is 2.01. The third kappa shape index (κ3) is 1.99. The van der Waals surface area contributed by atoms with Gasteiger partial charge in [0.15, 0.2) is 0 Å². The highest BCUT2D eigenvalue weighted by Crippen LogP contribution is 2.19. The van der Waals surface area contributed by atoms with E-state index in [-0.39, 0.29) is 12.5 Å². The van der Waals surface area contributed by atoms with Gasteiger partial charge in [-0.2, -0.15) is 0 Å². The molecular formula is C11H13N3O. The van der Waals surface area contributed by atoms with Crippen LogP contribution in [0.3, 0.4) is 0 Å². The number of rotatable bonds is 2. The topological polar surface area (TPSA) is 70.9 Å². The van der Waals surface area contributed by atoms with E-state index >= 15 is 0 Å². The Morgan fingerprint density at radius 2 is 2.27 bits per heavy atom. The van der Waals surface area contributed by atoms with Gasteiger partial charge in [-0.25, -0.2) is 0 Å². The van der Waals surface area contributed by atoms with Crippen molar-refractivity contribution in [2.45, 2.75) is 6.92 Å². The lowest BCUT2D eigenvalue weighted by Gasteiger charge is -2.02. The summed E-state index contributed by atoms with van der Waals surface area (Å²) in [4.78, 5) is 14.3. The summed E-state index contributed by atoms with van der Waals surface area (Å²) < 4.78 is 0. The predicted octanol–water partition coefficient (Wildman–Crippen LogP) is 1.37. The van der Waals surface area contributed by atoms with E-state index in [0.717, 1.165) is 22.3 Å². The molecule has 2 rings (SSSR count). The van der Waals surface area contributed by atoms with Crippen LogP contribution in [0.15, 0.2) is 24.3 Å². The lowest BCUT2D eigenvalue weighted by atomic mass is 10.2. The molecule has 15 heavy (non-hydrogen) atoms. The molecule has 0 radical (unpaired) electrons. The lowest BCUT2D eigenvalue weighted by Crippen LogP contribution is -2.21. The predicted molar refractivity (Wildman–Crippen MR) is 60.7 cm³/mol. The van der Waals surface area contributed by atoms with Crippen molar-refractivity contribution in [1.82, 2.24) is 4.98 Å². The molecule has 2 aromatic rings. The number of aryl methyl sites for hydroxylation is 1. The molecule has 0 saturated carbocycles. The summed E-state index contributed by atoms with van der Waals surface area (Å²) in [6.07, 6.45) is 0. The van der Waals surface area contributed by atoms with E-state index in [2.05, 4.69) is 10.3 Å². The van der Waals surface area contributed by atoms with Gasteiger partial charge in [0.1, 0.15) is 0 Å². The Morgan fingerprint density at radius 1 is 1.47 bits per heavy atom. The number of aromatic amines is 1. The van der Waals surface area contributed by atoms with Crippen molar-refractivity contribution >= 4 is 22.5 Å². The first-order valence-corrected chi connectivity index (χ1v) is 4.78. The van der Waals surface area contributed by atoms with E-state index in [1.807, 2.05) is 31.2 Å². The third-order valence-electron chi connectivity index (χ3n) is 2.22. The van der Waals surface area contributed by atoms with Crippen LogP contribution in [0.5, 0.6) is 0 Å². The fraction of sp³-hybridized carbons (Fsp3) is 0.182. The molecule has 0 aliphatic heterocycles. The number of aromatic nitrogens is 1. The second kappa shape index (κ2) is 3.74. The molecule has 4 nitrogen and oxygen atoms in total. The summed E-state index contributed by atoms with van der Waals surface area (Å²) in [6.45, 7) is 2.00. The van der Waals surface area contributed by atoms with Crippen LogP contribution in [0.25, 0.3) is 10.9 Å². The zero-order valence-corrected chi connectivity index (χ0v) is 8.50. The van der Waals surface area contributed by atoms with Gasteiger partial charge in [0.2, 0.25) is 5.91 Å². The van der Waals surface area contributed by atoms with E-state index in [1.165, 1.54) is 0 Å². The van der Waals surface area contributed by atoms with E-state index < -0.39 is 0 Å². The maximum absolute atomic E-state index is 11.1. The van der Waals surface area contributed by atoms with Gasteiger partial charge < -0.3 is 16.0 Å². The first-order chi connectivity index (χ1) is 7.19. The smallest absolute Gasteiger partial charge is 0.238 e. The van der Waals surface area contributed by atoms with Crippen molar-refractivity contribution < 1.29 is 4.79 Å². The molecule has 1 aromatic carbocycles. The van der Waals surface area contributed by atoms with Gasteiger partial charge in [0.25, 0.3) is 0 Å². The monoisotopic (exact) mass is 203 g/mol. The number of H-pyrrole nitrogens is 1. The Hall–Kier alpha value is -1.81. The van der Waals surface area contributed by atoms with Gasteiger partial charge in [0, 0.05) is 22.3 Å². The van der Waals surface area contributed by atoms with Crippen LogP contribution >= 0.6 is 0 Å². The summed E-state index contributed by atoms with van der Waals surface area (Å²) in [5, 5.41) is 3.80. The van der Waals surface area contributed by atoms with Crippen molar-refractivity contribution in [2.24, 2.45) is 5.73 Å². The minimum Gasteiger partial charge on any atom is -0.359 e. The minimum absolute atomic E-state index is 0.00417. The zero-order chi connectivity index (χ0) is 10.8. The van der Waals surface area contributed by atoms with Gasteiger partial charge in [-0.05, 0) is 31.2 Å². The Bertz CT molecular complexity index is 502. The number of carbonyl (C=O) groups is 1. The van der Waals surface area contributed by atoms with Crippen LogP contribution < -0.4 is 11.1 Å². The average Bonchev–Trinajstić information content (AvgIpc) is 2.57. The van der Waals surface area contributed by atoms with Crippen molar-refractivity contribution in [2.75, 3.05) is 11.9 Å². The molecule has 4 N–H and O–H groups in total. The molecule has 0 unspecified atom stereocenters. The number of hydrogen-bond donors (Lipinski definition) is 3. The lowest BCUT2D eigenvalue weighted by molar-refractivity contribution is -0.114. The van der Waals surface area contributed by atoms with Crippen LogP contribution in [0.4, 0.5) is 5.69 Å². The Kier molecular flexibility index (Phi) is 2.43. The van der Waals surface area contributed by atoms with Gasteiger partial charge in [0.05, 0.1) is 6.54 Å². The van der Waals surface area contributed by atoms with E-state index in [4.69, 9.17) is 5.73 Å². The molecule has 0 atom stereocenters. The molecule has 0 saturated heterocycles. The number of nitrogens with one attached hydrogen (secondary N) is 2. The van der Waals surface area contributed by atoms with E-state index in [1.54, 1.807) is 0 Å². The van der Waals surface area contributed by atoms with Gasteiger partial charge in [-0.1, -0.05) is 0 Å². The number of nitrogens with two attached hydrogens (primary N) is 1. The van der Waals surface area contributed by atoms with Crippen LogP contribution in [-0.2, 0) is 4.79 Å². The van der Waals surface area contributed by atoms with Crippen LogP contribution in [0.2, 0.25) is 0 Å². The number of hydrogen-bond acceptors (Lipinski definition) is 2. The number of carbonyl (C=O) groups excluding carboxylic acids is 1. The highest BCUT2D eigenvalue weighted by molar-refractivity contribution is 5.94. The number of benzene rings is 1. The zero-order valence-electron chi connectivity index (χ0n) is 8.50. The Morgan fingerprint density at radius 3 is 3.00 bits per heavy atom. The van der Waals surface area contributed by atoms with Gasteiger partial charge >= 0.3 is 0 Å². The summed E-state index contributed by atoms with van der Waals surface area (Å²) in [5.74, 6) is -0.179. The van der Waals surface area contributed by atoms with Crippen LogP contribution in [-0.4, -0.2) is 17.4 Å². The Labute approximate surface area is 87.5 Å². The molecule has 0 aliphatic rings. The first kappa shape index (κ1) is 9.73. The van der Waals surface area contributed by atoms with Crippen molar-refractivity contribution in [3.05, 3.63) is 30.0 Å². The molecule has 1 aromatic heterocycles. The fourth-order valence-electron chi connectivity index (χ4n) is 1.57. The third-order valence-corrected chi connectivity index (χ3v) is 2.22. The minimum atomic E-state index is -0.179. The summed E-state index contributed by atoms with van der Waals surface area (Å²) in [6, 6.07) is 7.75. The van der Waals surface area contributed by atoms with Gasteiger partial charge in [-0.3, -0.25) is 4.79 Å². The summed E-state index contributed by atoms with van der Waals surface area (Å²) in [7, 11) is 0. The maximum Gasteiger partial charge on any atom is 0.238 e. The molecule has 0 spiro atoms. The fourth-order valence-corrected chi connectivity index (χ4v) is 1.57. The normalized spacial score (nSPS) is 10.5. The average molecular weight is 203 g/mol. The highest BCUT2D eigenvalue weighted by atomic mass is 16.1. The SMILES string of the molecule is Cc1cc2cc(NC(=O)CN)ccc2[nH]1. The van der Waals surface area contributed by atoms with Crippen molar-refractivity contribution in [3.8, 4) is 0 Å². The molecule has 0 aliphatic carbocycles. The van der Waals surface area contributed by atoms with E-state index in [9.17, 15) is 4.79 Å². The summed E-state index contributed by atoms with van der Waals surface area (Å²) in [5.41, 5.74) is 8.17. The molecule has 0 bridgehead atoms. The Balaban J connectivity index is 2.33. The largest absolute Gasteiger partial charge is 0.359 e. The number of amides is 1. The number of fused-ring (bicyclic) bond motifs is 1. The second-order valence-corrected chi connectivity index (χ2v) is 3.51. The molecule has 0 fully saturated rings. The van der Waals surface area contributed by atoms with Crippen LogP contribution in [0, 0.1) is 6.92 Å². The molecule has 78 valence electrons. The van der Waals surface area contributed by atoms with Crippen molar-refractivity contribution in [1.29, 1.82) is 0 Å². The van der Waals surface area contributed by atoms with E-state index in [0.29, 0.717) is 0 Å². The second-order valence-electron chi connectivity index (χ2n) is 3.51. The first-order valence-electron chi connectivity index (χ1n) is 4.78. The van der Waals surface area contributed by atoms with Gasteiger partial charge in [-0.15, -0.1) is 0 Å². The molecule has 1 heterocycles. The summed E-state index contributed by atoms with van der Waals surface area (Å²) >= 11 is 0. The molecule has 4 heteroatoms. The van der Waals surface area contributed by atoms with Crippen LogP contribution in [0.1, 0.15) is 5.69 Å². The standard InChI is InChI=1S/C11H13N3O/c1-7-4-8-5-9(14-11(15)6-12)2-3-10(8)13-7/h2-5,13H,6,12H2,1H3,(H,14,15). The quantitative estimate of drug-likeness (QED) is 0.690. The molecule has 1 amide bonds. The number of anilines is 1.